The first kappa shape index (κ1) is 17.8. The molecule has 5 heteroatoms. The van der Waals surface area contributed by atoms with Crippen molar-refractivity contribution < 1.29 is 13.9 Å². The maximum absolute atomic E-state index is 13.1. The van der Waals surface area contributed by atoms with Gasteiger partial charge in [0.15, 0.2) is 0 Å². The van der Waals surface area contributed by atoms with Gasteiger partial charge in [-0.2, -0.15) is 0 Å². The second kappa shape index (κ2) is 8.90. The van der Waals surface area contributed by atoms with Crippen LogP contribution < -0.4 is 0 Å². The topological polar surface area (TPSA) is 24.9 Å². The van der Waals surface area contributed by atoms with Crippen LogP contribution in [-0.4, -0.2) is 69.4 Å². The molecule has 1 atom stereocenters. The number of hydrogen-bond acceptors (Lipinski definition) is 4. The van der Waals surface area contributed by atoms with Gasteiger partial charge in [0.1, 0.15) is 5.82 Å². The number of methoxy groups -OCH3 is 1. The molecule has 3 rings (SSSR count). The summed E-state index contributed by atoms with van der Waals surface area (Å²) in [7, 11) is 1.77. The molecule has 2 aliphatic heterocycles. The monoisotopic (exact) mass is 336 g/mol. The third kappa shape index (κ3) is 4.99. The van der Waals surface area contributed by atoms with Crippen molar-refractivity contribution in [1.82, 2.24) is 9.80 Å². The van der Waals surface area contributed by atoms with Crippen molar-refractivity contribution in [3.05, 3.63) is 35.6 Å². The third-order valence-electron chi connectivity index (χ3n) is 5.23. The van der Waals surface area contributed by atoms with Gasteiger partial charge in [0, 0.05) is 33.3 Å². The molecular weight excluding hydrogens is 307 g/mol. The fourth-order valence-corrected chi connectivity index (χ4v) is 3.73. The van der Waals surface area contributed by atoms with E-state index in [1.54, 1.807) is 7.11 Å². The highest BCUT2D eigenvalue weighted by molar-refractivity contribution is 5.19. The number of rotatable bonds is 6. The van der Waals surface area contributed by atoms with Crippen molar-refractivity contribution in [3.63, 3.8) is 0 Å². The number of piperidine rings is 1. The predicted octanol–water partition coefficient (Wildman–Crippen LogP) is 2.56. The standard InChI is InChI=1S/C19H29FN2O2/c1-23-12-10-21-8-6-16(7-9-21)14-22-11-13-24-19(15-22)17-2-4-18(20)5-3-17/h2-5,16,19H,6-15H2,1H3/t19-/m1/s1. The van der Waals surface area contributed by atoms with Crippen LogP contribution in [0.2, 0.25) is 0 Å². The molecule has 2 heterocycles. The Hall–Kier alpha value is -1.01. The Bertz CT molecular complexity index is 489. The summed E-state index contributed by atoms with van der Waals surface area (Å²) in [5.74, 6) is 0.586. The normalized spacial score (nSPS) is 24.3. The fourth-order valence-electron chi connectivity index (χ4n) is 3.73. The van der Waals surface area contributed by atoms with Crippen LogP contribution in [-0.2, 0) is 9.47 Å². The molecule has 2 fully saturated rings. The minimum Gasteiger partial charge on any atom is -0.383 e. The second-order valence-corrected chi connectivity index (χ2v) is 6.95. The summed E-state index contributed by atoms with van der Waals surface area (Å²) >= 11 is 0. The minimum atomic E-state index is -0.188. The summed E-state index contributed by atoms with van der Waals surface area (Å²) in [4.78, 5) is 5.02. The smallest absolute Gasteiger partial charge is 0.123 e. The Labute approximate surface area is 144 Å². The molecule has 1 aromatic rings. The zero-order valence-electron chi connectivity index (χ0n) is 14.6. The Kier molecular flexibility index (Phi) is 6.60. The number of hydrogen-bond donors (Lipinski definition) is 0. The van der Waals surface area contributed by atoms with E-state index in [2.05, 4.69) is 9.80 Å². The molecule has 0 amide bonds. The van der Waals surface area contributed by atoms with Gasteiger partial charge >= 0.3 is 0 Å². The molecule has 0 unspecified atom stereocenters. The average Bonchev–Trinajstić information content (AvgIpc) is 2.62. The minimum absolute atomic E-state index is 0.0705. The first-order chi connectivity index (χ1) is 11.7. The summed E-state index contributed by atoms with van der Waals surface area (Å²) in [6, 6.07) is 6.73. The lowest BCUT2D eigenvalue weighted by atomic mass is 9.95. The molecule has 0 aliphatic carbocycles. The lowest BCUT2D eigenvalue weighted by molar-refractivity contribution is -0.0374. The van der Waals surface area contributed by atoms with Crippen molar-refractivity contribution >= 4 is 0 Å². The molecule has 1 aromatic carbocycles. The number of benzene rings is 1. The zero-order valence-corrected chi connectivity index (χ0v) is 14.6. The zero-order chi connectivity index (χ0) is 16.8. The van der Waals surface area contributed by atoms with Gasteiger partial charge in [0.25, 0.3) is 0 Å². The summed E-state index contributed by atoms with van der Waals surface area (Å²) in [6.45, 7) is 8.06. The van der Waals surface area contributed by atoms with Crippen molar-refractivity contribution in [2.75, 3.05) is 59.6 Å². The molecule has 134 valence electrons. The van der Waals surface area contributed by atoms with E-state index >= 15 is 0 Å². The van der Waals surface area contributed by atoms with Gasteiger partial charge in [-0.15, -0.1) is 0 Å². The number of nitrogens with zero attached hydrogens (tertiary/aromatic N) is 2. The first-order valence-corrected chi connectivity index (χ1v) is 9.05. The number of halogens is 1. The molecule has 2 saturated heterocycles. The van der Waals surface area contributed by atoms with Crippen molar-refractivity contribution in [3.8, 4) is 0 Å². The van der Waals surface area contributed by atoms with Gasteiger partial charge in [-0.25, -0.2) is 4.39 Å². The first-order valence-electron chi connectivity index (χ1n) is 9.05. The second-order valence-electron chi connectivity index (χ2n) is 6.95. The van der Waals surface area contributed by atoms with Crippen LogP contribution in [0, 0.1) is 11.7 Å². The van der Waals surface area contributed by atoms with Crippen LogP contribution in [0.25, 0.3) is 0 Å². The van der Waals surface area contributed by atoms with E-state index in [-0.39, 0.29) is 11.9 Å². The molecule has 24 heavy (non-hydrogen) atoms. The fraction of sp³-hybridized carbons (Fsp3) is 0.684. The Morgan fingerprint density at radius 1 is 1.12 bits per heavy atom. The van der Waals surface area contributed by atoms with Gasteiger partial charge in [0.2, 0.25) is 0 Å². The molecule has 0 bridgehead atoms. The number of likely N-dealkylation sites (tertiary alicyclic amines) is 1. The highest BCUT2D eigenvalue weighted by atomic mass is 19.1. The molecule has 0 aromatic heterocycles. The van der Waals surface area contributed by atoms with E-state index in [1.165, 1.54) is 38.1 Å². The van der Waals surface area contributed by atoms with Crippen molar-refractivity contribution in [1.29, 1.82) is 0 Å². The van der Waals surface area contributed by atoms with Crippen molar-refractivity contribution in [2.45, 2.75) is 18.9 Å². The van der Waals surface area contributed by atoms with Gasteiger partial charge < -0.3 is 14.4 Å². The molecule has 0 spiro atoms. The van der Waals surface area contributed by atoms with Crippen LogP contribution in [0.15, 0.2) is 24.3 Å². The summed E-state index contributed by atoms with van der Waals surface area (Å²) in [5.41, 5.74) is 1.08. The van der Waals surface area contributed by atoms with E-state index in [4.69, 9.17) is 9.47 Å². The van der Waals surface area contributed by atoms with Crippen LogP contribution in [0.3, 0.4) is 0 Å². The SMILES string of the molecule is COCCN1CCC(CN2CCO[C@@H](c3ccc(F)cc3)C2)CC1. The Balaban J connectivity index is 1.45. The maximum Gasteiger partial charge on any atom is 0.123 e. The summed E-state index contributed by atoms with van der Waals surface area (Å²) in [5, 5.41) is 0. The van der Waals surface area contributed by atoms with Crippen LogP contribution in [0.4, 0.5) is 4.39 Å². The molecular formula is C19H29FN2O2. The van der Waals surface area contributed by atoms with Gasteiger partial charge in [-0.1, -0.05) is 12.1 Å². The van der Waals surface area contributed by atoms with Gasteiger partial charge in [-0.05, 0) is 49.5 Å². The van der Waals surface area contributed by atoms with E-state index in [0.29, 0.717) is 0 Å². The highest BCUT2D eigenvalue weighted by Crippen LogP contribution is 2.25. The Morgan fingerprint density at radius 2 is 1.88 bits per heavy atom. The third-order valence-corrected chi connectivity index (χ3v) is 5.23. The van der Waals surface area contributed by atoms with Crippen LogP contribution in [0.1, 0.15) is 24.5 Å². The lowest BCUT2D eigenvalue weighted by Gasteiger charge is -2.38. The van der Waals surface area contributed by atoms with Crippen molar-refractivity contribution in [2.24, 2.45) is 5.92 Å². The van der Waals surface area contributed by atoms with Gasteiger partial charge in [0.05, 0.1) is 19.3 Å². The molecule has 2 aliphatic rings. The number of morpholine rings is 1. The predicted molar refractivity (Wildman–Crippen MR) is 92.6 cm³/mol. The average molecular weight is 336 g/mol. The molecule has 0 N–H and O–H groups in total. The Morgan fingerprint density at radius 3 is 2.58 bits per heavy atom. The van der Waals surface area contributed by atoms with Crippen LogP contribution in [0.5, 0.6) is 0 Å². The summed E-state index contributed by atoms with van der Waals surface area (Å²) in [6.07, 6.45) is 2.60. The highest BCUT2D eigenvalue weighted by Gasteiger charge is 2.26. The van der Waals surface area contributed by atoms with Crippen LogP contribution >= 0.6 is 0 Å². The van der Waals surface area contributed by atoms with E-state index in [9.17, 15) is 4.39 Å². The largest absolute Gasteiger partial charge is 0.383 e. The lowest BCUT2D eigenvalue weighted by Crippen LogP contribution is -2.44. The summed E-state index contributed by atoms with van der Waals surface area (Å²) < 4.78 is 24.2. The van der Waals surface area contributed by atoms with E-state index in [1.807, 2.05) is 12.1 Å². The molecule has 0 saturated carbocycles. The molecule has 0 radical (unpaired) electrons. The quantitative estimate of drug-likeness (QED) is 0.797. The number of ether oxygens (including phenoxy) is 2. The molecule has 4 nitrogen and oxygen atoms in total. The van der Waals surface area contributed by atoms with E-state index in [0.717, 1.165) is 50.9 Å². The van der Waals surface area contributed by atoms with E-state index < -0.39 is 0 Å². The van der Waals surface area contributed by atoms with Gasteiger partial charge in [-0.3, -0.25) is 4.90 Å². The maximum atomic E-state index is 13.1.